The molecule has 1 atom stereocenters. The van der Waals surface area contributed by atoms with Crippen LogP contribution in [0.25, 0.3) is 0 Å². The van der Waals surface area contributed by atoms with Crippen LogP contribution in [0.5, 0.6) is 5.75 Å². The zero-order valence-corrected chi connectivity index (χ0v) is 14.6. The van der Waals surface area contributed by atoms with Gasteiger partial charge in [-0.15, -0.1) is 0 Å². The largest absolute Gasteiger partial charge is 0.496 e. The average Bonchev–Trinajstić information content (AvgIpc) is 3.16. The minimum Gasteiger partial charge on any atom is -0.496 e. The molecule has 134 valence electrons. The van der Waals surface area contributed by atoms with Crippen molar-refractivity contribution in [3.8, 4) is 5.75 Å². The molecule has 2 amide bonds. The maximum Gasteiger partial charge on any atom is 0.254 e. The van der Waals surface area contributed by atoms with Gasteiger partial charge in [-0.25, -0.2) is 0 Å². The van der Waals surface area contributed by atoms with E-state index in [0.29, 0.717) is 17.8 Å². The molecule has 1 fully saturated rings. The van der Waals surface area contributed by atoms with Crippen LogP contribution in [-0.2, 0) is 4.79 Å². The summed E-state index contributed by atoms with van der Waals surface area (Å²) in [5.41, 5.74) is 3.10. The predicted molar refractivity (Wildman–Crippen MR) is 99.6 cm³/mol. The first-order valence-electron chi connectivity index (χ1n) is 8.79. The maximum absolute atomic E-state index is 13.1. The fourth-order valence-electron chi connectivity index (χ4n) is 3.75. The van der Waals surface area contributed by atoms with Crippen molar-refractivity contribution in [1.29, 1.82) is 0 Å². The van der Waals surface area contributed by atoms with Crippen molar-refractivity contribution in [2.45, 2.75) is 18.9 Å². The second kappa shape index (κ2) is 6.71. The molecule has 1 saturated heterocycles. The third kappa shape index (κ3) is 2.87. The first-order chi connectivity index (χ1) is 12.7. The van der Waals surface area contributed by atoms with E-state index in [9.17, 15) is 9.59 Å². The van der Waals surface area contributed by atoms with E-state index >= 15 is 0 Å². The first kappa shape index (κ1) is 16.4. The minimum absolute atomic E-state index is 0.00222. The number of methoxy groups -OCH3 is 1. The van der Waals surface area contributed by atoms with Crippen LogP contribution < -0.4 is 15.4 Å². The quantitative estimate of drug-likeness (QED) is 0.892. The second-order valence-electron chi connectivity index (χ2n) is 6.56. The van der Waals surface area contributed by atoms with E-state index in [0.717, 1.165) is 29.8 Å². The number of likely N-dealkylation sites (tertiary alicyclic amines) is 1. The monoisotopic (exact) mass is 351 g/mol. The summed E-state index contributed by atoms with van der Waals surface area (Å²) in [6.45, 7) is 0.964. The molecule has 0 spiro atoms. The minimum atomic E-state index is -0.102. The molecule has 0 aliphatic carbocycles. The lowest BCUT2D eigenvalue weighted by Crippen LogP contribution is -2.31. The lowest BCUT2D eigenvalue weighted by atomic mass is 10.0. The van der Waals surface area contributed by atoms with Crippen LogP contribution >= 0.6 is 0 Å². The van der Waals surface area contributed by atoms with Crippen LogP contribution in [0.4, 0.5) is 11.4 Å². The zero-order valence-electron chi connectivity index (χ0n) is 14.6. The Kier molecular flexibility index (Phi) is 4.24. The standard InChI is InChI=1S/C20H21N3O3/c1-26-18-7-3-2-5-14(18)17-6-4-10-23(17)20(25)13-8-9-15-16(11-13)22-19(24)12-21-15/h2-3,5,7-9,11,17,21H,4,6,10,12H2,1H3,(H,22,24)/t17-/m1/s1. The van der Waals surface area contributed by atoms with Crippen molar-refractivity contribution in [3.05, 3.63) is 53.6 Å². The van der Waals surface area contributed by atoms with Gasteiger partial charge in [0.1, 0.15) is 5.75 Å². The molecule has 6 heteroatoms. The molecule has 0 radical (unpaired) electrons. The molecular formula is C20H21N3O3. The number of hydrogen-bond acceptors (Lipinski definition) is 4. The van der Waals surface area contributed by atoms with Crippen LogP contribution in [0.1, 0.15) is 34.8 Å². The Balaban J connectivity index is 1.63. The lowest BCUT2D eigenvalue weighted by Gasteiger charge is -2.27. The van der Waals surface area contributed by atoms with Gasteiger partial charge in [0.05, 0.1) is 31.1 Å². The fourth-order valence-corrected chi connectivity index (χ4v) is 3.75. The van der Waals surface area contributed by atoms with Gasteiger partial charge in [-0.3, -0.25) is 9.59 Å². The number of benzene rings is 2. The van der Waals surface area contributed by atoms with Crippen LogP contribution in [0.3, 0.4) is 0 Å². The van der Waals surface area contributed by atoms with E-state index in [1.54, 1.807) is 13.2 Å². The van der Waals surface area contributed by atoms with Gasteiger partial charge < -0.3 is 20.3 Å². The number of carbonyl (C=O) groups is 2. The summed E-state index contributed by atoms with van der Waals surface area (Å²) in [7, 11) is 1.65. The second-order valence-corrected chi connectivity index (χ2v) is 6.56. The highest BCUT2D eigenvalue weighted by Gasteiger charge is 2.32. The SMILES string of the molecule is COc1ccccc1[C@H]1CCCN1C(=O)c1ccc2c(c1)NC(=O)CN2. The molecule has 4 rings (SSSR count). The number of hydrogen-bond donors (Lipinski definition) is 2. The number of fused-ring (bicyclic) bond motifs is 1. The van der Waals surface area contributed by atoms with Gasteiger partial charge in [0.25, 0.3) is 5.91 Å². The third-order valence-corrected chi connectivity index (χ3v) is 4.99. The number of anilines is 2. The van der Waals surface area contributed by atoms with E-state index in [2.05, 4.69) is 10.6 Å². The number of para-hydroxylation sites is 1. The maximum atomic E-state index is 13.1. The summed E-state index contributed by atoms with van der Waals surface area (Å²) in [5, 5.41) is 5.86. The van der Waals surface area contributed by atoms with Gasteiger partial charge in [0, 0.05) is 17.7 Å². The summed E-state index contributed by atoms with van der Waals surface area (Å²) < 4.78 is 5.48. The average molecular weight is 351 g/mol. The molecular weight excluding hydrogens is 330 g/mol. The smallest absolute Gasteiger partial charge is 0.254 e. The van der Waals surface area contributed by atoms with E-state index in [1.165, 1.54) is 0 Å². The Morgan fingerprint density at radius 1 is 1.19 bits per heavy atom. The van der Waals surface area contributed by atoms with Gasteiger partial charge in [0.2, 0.25) is 5.91 Å². The van der Waals surface area contributed by atoms with E-state index in [4.69, 9.17) is 4.74 Å². The van der Waals surface area contributed by atoms with Crippen molar-refractivity contribution in [2.24, 2.45) is 0 Å². The highest BCUT2D eigenvalue weighted by Crippen LogP contribution is 2.38. The highest BCUT2D eigenvalue weighted by atomic mass is 16.5. The Hall–Kier alpha value is -3.02. The zero-order chi connectivity index (χ0) is 18.1. The number of amides is 2. The van der Waals surface area contributed by atoms with Gasteiger partial charge in [-0.2, -0.15) is 0 Å². The molecule has 2 aliphatic rings. The molecule has 2 heterocycles. The number of nitrogens with one attached hydrogen (secondary N) is 2. The molecule has 2 aromatic carbocycles. The topological polar surface area (TPSA) is 70.7 Å². The summed E-state index contributed by atoms with van der Waals surface area (Å²) in [6.07, 6.45) is 1.87. The molecule has 0 unspecified atom stereocenters. The van der Waals surface area contributed by atoms with Crippen LogP contribution in [0, 0.1) is 0 Å². The lowest BCUT2D eigenvalue weighted by molar-refractivity contribution is -0.114. The molecule has 26 heavy (non-hydrogen) atoms. The van der Waals surface area contributed by atoms with E-state index < -0.39 is 0 Å². The Labute approximate surface area is 152 Å². The normalized spacial score (nSPS) is 18.7. The molecule has 6 nitrogen and oxygen atoms in total. The Morgan fingerprint density at radius 2 is 2.04 bits per heavy atom. The van der Waals surface area contributed by atoms with Gasteiger partial charge in [-0.1, -0.05) is 18.2 Å². The van der Waals surface area contributed by atoms with Crippen LogP contribution in [0.15, 0.2) is 42.5 Å². The first-order valence-corrected chi connectivity index (χ1v) is 8.79. The van der Waals surface area contributed by atoms with Crippen molar-refractivity contribution >= 4 is 23.2 Å². The number of carbonyl (C=O) groups excluding carboxylic acids is 2. The highest BCUT2D eigenvalue weighted by molar-refractivity contribution is 6.03. The summed E-state index contributed by atoms with van der Waals surface area (Å²) >= 11 is 0. The van der Waals surface area contributed by atoms with E-state index in [-0.39, 0.29) is 24.4 Å². The molecule has 2 N–H and O–H groups in total. The van der Waals surface area contributed by atoms with Crippen molar-refractivity contribution in [3.63, 3.8) is 0 Å². The molecule has 0 aromatic heterocycles. The Bertz CT molecular complexity index is 865. The van der Waals surface area contributed by atoms with Crippen LogP contribution in [0.2, 0.25) is 0 Å². The van der Waals surface area contributed by atoms with Crippen molar-refractivity contribution in [1.82, 2.24) is 4.90 Å². The van der Waals surface area contributed by atoms with Crippen molar-refractivity contribution in [2.75, 3.05) is 30.8 Å². The molecule has 0 bridgehead atoms. The van der Waals surface area contributed by atoms with Gasteiger partial charge in [-0.05, 0) is 37.1 Å². The summed E-state index contributed by atoms with van der Waals surface area (Å²) in [5.74, 6) is 0.676. The van der Waals surface area contributed by atoms with Crippen molar-refractivity contribution < 1.29 is 14.3 Å². The molecule has 2 aromatic rings. The summed E-state index contributed by atoms with van der Waals surface area (Å²) in [6, 6.07) is 13.3. The number of ether oxygens (including phenoxy) is 1. The Morgan fingerprint density at radius 3 is 2.88 bits per heavy atom. The van der Waals surface area contributed by atoms with Gasteiger partial charge in [0.15, 0.2) is 0 Å². The molecule has 2 aliphatic heterocycles. The fraction of sp³-hybridized carbons (Fsp3) is 0.300. The predicted octanol–water partition coefficient (Wildman–Crippen LogP) is 3.04. The van der Waals surface area contributed by atoms with E-state index in [1.807, 2.05) is 41.3 Å². The molecule has 0 saturated carbocycles. The summed E-state index contributed by atoms with van der Waals surface area (Å²) in [4.78, 5) is 26.6. The number of nitrogens with zero attached hydrogens (tertiary/aromatic N) is 1. The third-order valence-electron chi connectivity index (χ3n) is 4.99. The van der Waals surface area contributed by atoms with Crippen LogP contribution in [-0.4, -0.2) is 36.9 Å². The van der Waals surface area contributed by atoms with Gasteiger partial charge >= 0.3 is 0 Å². The number of rotatable bonds is 3.